The monoisotopic (exact) mass is 399 g/mol. The average Bonchev–Trinajstić information content (AvgIpc) is 2.66. The molecule has 0 spiro atoms. The highest BCUT2D eigenvalue weighted by molar-refractivity contribution is 5.84. The standard InChI is InChI=1S/C21H25N3O5/c1-21(2,3)29-20(26)23-14-18(16-9-11-17(12-10-16)24(27)28)19(25)22-13-15-7-5-4-6-8-15/h4-12,18H,13-14H2,1-3H3,(H,22,25)(H,23,26)/t18-/m1/s1. The fraction of sp³-hybridized carbons (Fsp3) is 0.333. The first kappa shape index (κ1) is 21.9. The molecule has 154 valence electrons. The van der Waals surface area contributed by atoms with Crippen molar-refractivity contribution < 1.29 is 19.2 Å². The predicted octanol–water partition coefficient (Wildman–Crippen LogP) is 3.52. The summed E-state index contributed by atoms with van der Waals surface area (Å²) in [4.78, 5) is 35.2. The fourth-order valence-corrected chi connectivity index (χ4v) is 2.60. The van der Waals surface area contributed by atoms with Crippen LogP contribution in [-0.4, -0.2) is 29.1 Å². The number of nitro groups is 1. The van der Waals surface area contributed by atoms with Crippen LogP contribution in [0.3, 0.4) is 0 Å². The van der Waals surface area contributed by atoms with Crippen LogP contribution in [0.5, 0.6) is 0 Å². The van der Waals surface area contributed by atoms with Crippen LogP contribution < -0.4 is 10.6 Å². The van der Waals surface area contributed by atoms with Crippen LogP contribution in [0.1, 0.15) is 37.8 Å². The van der Waals surface area contributed by atoms with Crippen LogP contribution >= 0.6 is 0 Å². The first-order valence-electron chi connectivity index (χ1n) is 9.18. The second-order valence-electron chi connectivity index (χ2n) is 7.49. The van der Waals surface area contributed by atoms with Gasteiger partial charge in [-0.1, -0.05) is 42.5 Å². The van der Waals surface area contributed by atoms with Gasteiger partial charge in [-0.2, -0.15) is 0 Å². The van der Waals surface area contributed by atoms with E-state index < -0.39 is 22.5 Å². The fourth-order valence-electron chi connectivity index (χ4n) is 2.60. The van der Waals surface area contributed by atoms with E-state index in [1.165, 1.54) is 24.3 Å². The zero-order chi connectivity index (χ0) is 21.4. The van der Waals surface area contributed by atoms with Crippen LogP contribution in [-0.2, 0) is 16.1 Å². The van der Waals surface area contributed by atoms with Gasteiger partial charge in [-0.15, -0.1) is 0 Å². The molecule has 2 rings (SSSR count). The van der Waals surface area contributed by atoms with Crippen LogP contribution in [0.2, 0.25) is 0 Å². The molecule has 2 aromatic carbocycles. The Bertz CT molecular complexity index is 845. The molecule has 0 bridgehead atoms. The van der Waals surface area contributed by atoms with Crippen molar-refractivity contribution in [2.24, 2.45) is 0 Å². The van der Waals surface area contributed by atoms with Crippen molar-refractivity contribution in [1.29, 1.82) is 0 Å². The largest absolute Gasteiger partial charge is 0.444 e. The molecule has 0 aromatic heterocycles. The molecule has 8 heteroatoms. The van der Waals surface area contributed by atoms with Gasteiger partial charge in [0.2, 0.25) is 5.91 Å². The van der Waals surface area contributed by atoms with Gasteiger partial charge >= 0.3 is 6.09 Å². The molecular formula is C21H25N3O5. The number of hydrogen-bond donors (Lipinski definition) is 2. The van der Waals surface area contributed by atoms with E-state index in [4.69, 9.17) is 4.74 Å². The molecule has 2 amide bonds. The second kappa shape index (κ2) is 9.68. The van der Waals surface area contributed by atoms with Crippen molar-refractivity contribution in [3.63, 3.8) is 0 Å². The number of nitro benzene ring substituents is 1. The number of ether oxygens (including phenoxy) is 1. The number of alkyl carbamates (subject to hydrolysis) is 1. The van der Waals surface area contributed by atoms with Crippen molar-refractivity contribution in [2.45, 2.75) is 38.8 Å². The molecular weight excluding hydrogens is 374 g/mol. The van der Waals surface area contributed by atoms with Crippen molar-refractivity contribution in [2.75, 3.05) is 6.54 Å². The average molecular weight is 399 g/mol. The third-order valence-corrected chi connectivity index (χ3v) is 3.98. The van der Waals surface area contributed by atoms with Crippen molar-refractivity contribution in [3.05, 3.63) is 75.8 Å². The van der Waals surface area contributed by atoms with Crippen LogP contribution in [0.15, 0.2) is 54.6 Å². The maximum Gasteiger partial charge on any atom is 0.407 e. The van der Waals surface area contributed by atoms with E-state index in [9.17, 15) is 19.7 Å². The maximum absolute atomic E-state index is 12.8. The summed E-state index contributed by atoms with van der Waals surface area (Å²) in [6, 6.07) is 15.1. The molecule has 0 saturated carbocycles. The molecule has 0 heterocycles. The quantitative estimate of drug-likeness (QED) is 0.547. The number of carbonyl (C=O) groups excluding carboxylic acids is 2. The van der Waals surface area contributed by atoms with E-state index in [0.29, 0.717) is 12.1 Å². The van der Waals surface area contributed by atoms with Crippen LogP contribution in [0, 0.1) is 10.1 Å². The summed E-state index contributed by atoms with van der Waals surface area (Å²) < 4.78 is 5.21. The van der Waals surface area contributed by atoms with Crippen molar-refractivity contribution in [3.8, 4) is 0 Å². The summed E-state index contributed by atoms with van der Waals surface area (Å²) in [7, 11) is 0. The molecule has 0 fully saturated rings. The lowest BCUT2D eigenvalue weighted by molar-refractivity contribution is -0.384. The lowest BCUT2D eigenvalue weighted by Gasteiger charge is -2.22. The predicted molar refractivity (Wildman–Crippen MR) is 108 cm³/mol. The minimum Gasteiger partial charge on any atom is -0.444 e. The number of rotatable bonds is 7. The molecule has 0 unspecified atom stereocenters. The molecule has 2 N–H and O–H groups in total. The Morgan fingerprint density at radius 2 is 1.66 bits per heavy atom. The summed E-state index contributed by atoms with van der Waals surface area (Å²) in [6.07, 6.45) is -0.639. The van der Waals surface area contributed by atoms with Gasteiger partial charge in [0, 0.05) is 25.2 Å². The van der Waals surface area contributed by atoms with Crippen LogP contribution in [0.25, 0.3) is 0 Å². The number of nitrogens with one attached hydrogen (secondary N) is 2. The van der Waals surface area contributed by atoms with E-state index >= 15 is 0 Å². The molecule has 0 aliphatic heterocycles. The number of carbonyl (C=O) groups is 2. The Balaban J connectivity index is 2.12. The van der Waals surface area contributed by atoms with Crippen molar-refractivity contribution in [1.82, 2.24) is 10.6 Å². The molecule has 0 aliphatic rings. The van der Waals surface area contributed by atoms with E-state index in [1.54, 1.807) is 20.8 Å². The smallest absolute Gasteiger partial charge is 0.407 e. The Kier molecular flexibility index (Phi) is 7.30. The molecule has 2 aromatic rings. The molecule has 29 heavy (non-hydrogen) atoms. The van der Waals surface area contributed by atoms with Gasteiger partial charge < -0.3 is 15.4 Å². The van der Waals surface area contributed by atoms with E-state index in [-0.39, 0.29) is 18.1 Å². The third-order valence-electron chi connectivity index (χ3n) is 3.98. The van der Waals surface area contributed by atoms with Gasteiger partial charge in [0.15, 0.2) is 0 Å². The number of benzene rings is 2. The minimum absolute atomic E-state index is 0.00660. The lowest BCUT2D eigenvalue weighted by Crippen LogP contribution is -2.39. The Labute approximate surface area is 169 Å². The van der Waals surface area contributed by atoms with E-state index in [0.717, 1.165) is 5.56 Å². The number of non-ortho nitro benzene ring substituents is 1. The van der Waals surface area contributed by atoms with Gasteiger partial charge in [-0.3, -0.25) is 14.9 Å². The normalized spacial score (nSPS) is 12.0. The first-order valence-corrected chi connectivity index (χ1v) is 9.18. The summed E-state index contributed by atoms with van der Waals surface area (Å²) >= 11 is 0. The number of nitrogens with zero attached hydrogens (tertiary/aromatic N) is 1. The second-order valence-corrected chi connectivity index (χ2v) is 7.49. The summed E-state index contributed by atoms with van der Waals surface area (Å²) in [5.74, 6) is -1.04. The zero-order valence-electron chi connectivity index (χ0n) is 16.7. The molecule has 0 saturated heterocycles. The molecule has 1 atom stereocenters. The Morgan fingerprint density at radius 3 is 2.21 bits per heavy atom. The Hall–Kier alpha value is -3.42. The number of amides is 2. The van der Waals surface area contributed by atoms with E-state index in [1.807, 2.05) is 30.3 Å². The topological polar surface area (TPSA) is 111 Å². The summed E-state index contributed by atoms with van der Waals surface area (Å²) in [5, 5.41) is 16.3. The summed E-state index contributed by atoms with van der Waals surface area (Å²) in [5.41, 5.74) is 0.751. The molecule has 0 radical (unpaired) electrons. The summed E-state index contributed by atoms with van der Waals surface area (Å²) in [6.45, 7) is 5.55. The van der Waals surface area contributed by atoms with Gasteiger partial charge in [0.1, 0.15) is 5.60 Å². The molecule has 8 nitrogen and oxygen atoms in total. The molecule has 0 aliphatic carbocycles. The highest BCUT2D eigenvalue weighted by Crippen LogP contribution is 2.20. The SMILES string of the molecule is CC(C)(C)OC(=O)NC[C@@H](C(=O)NCc1ccccc1)c1ccc([N+](=O)[O-])cc1. The van der Waals surface area contributed by atoms with Gasteiger partial charge in [0.05, 0.1) is 10.8 Å². The van der Waals surface area contributed by atoms with Gasteiger partial charge in [0.25, 0.3) is 5.69 Å². The minimum atomic E-state index is -0.730. The van der Waals surface area contributed by atoms with E-state index in [2.05, 4.69) is 10.6 Å². The van der Waals surface area contributed by atoms with Gasteiger partial charge in [-0.25, -0.2) is 4.79 Å². The highest BCUT2D eigenvalue weighted by atomic mass is 16.6. The van der Waals surface area contributed by atoms with Gasteiger partial charge in [-0.05, 0) is 31.9 Å². The first-order chi connectivity index (χ1) is 13.7. The highest BCUT2D eigenvalue weighted by Gasteiger charge is 2.24. The third kappa shape index (κ3) is 7.25. The van der Waals surface area contributed by atoms with Crippen LogP contribution in [0.4, 0.5) is 10.5 Å². The lowest BCUT2D eigenvalue weighted by atomic mass is 9.97. The Morgan fingerprint density at radius 1 is 1.03 bits per heavy atom. The zero-order valence-corrected chi connectivity index (χ0v) is 16.7. The maximum atomic E-state index is 12.8. The number of hydrogen-bond acceptors (Lipinski definition) is 5. The van der Waals surface area contributed by atoms with Crippen molar-refractivity contribution >= 4 is 17.7 Å².